The maximum absolute atomic E-state index is 13.3. The van der Waals surface area contributed by atoms with Gasteiger partial charge in [0.1, 0.15) is 0 Å². The lowest BCUT2D eigenvalue weighted by atomic mass is 9.83. The minimum Gasteiger partial charge on any atom is -0.281 e. The van der Waals surface area contributed by atoms with E-state index in [4.69, 9.17) is 0 Å². The molecule has 26 heavy (non-hydrogen) atoms. The van der Waals surface area contributed by atoms with E-state index in [1.165, 1.54) is 0 Å². The van der Waals surface area contributed by atoms with Crippen molar-refractivity contribution in [2.75, 3.05) is 6.54 Å². The first-order chi connectivity index (χ1) is 12.3. The first-order valence-corrected chi connectivity index (χ1v) is 9.15. The zero-order chi connectivity index (χ0) is 18.5. The highest BCUT2D eigenvalue weighted by atomic mass is 79.9. The highest BCUT2D eigenvalue weighted by molar-refractivity contribution is 9.10. The molecule has 0 radical (unpaired) electrons. The van der Waals surface area contributed by atoms with E-state index >= 15 is 0 Å². The molecular weight excluding hydrogens is 407 g/mol. The molecule has 0 fully saturated rings. The predicted octanol–water partition coefficient (Wildman–Crippen LogP) is 5.22. The van der Waals surface area contributed by atoms with Crippen molar-refractivity contribution in [2.24, 2.45) is 0 Å². The van der Waals surface area contributed by atoms with Crippen LogP contribution >= 0.6 is 15.9 Å². The van der Waals surface area contributed by atoms with Gasteiger partial charge in [0, 0.05) is 15.9 Å². The van der Waals surface area contributed by atoms with Crippen molar-refractivity contribution in [1.29, 1.82) is 0 Å². The van der Waals surface area contributed by atoms with Crippen molar-refractivity contribution >= 4 is 26.8 Å². The van der Waals surface area contributed by atoms with Gasteiger partial charge in [0.05, 0.1) is 24.3 Å². The zero-order valence-electron chi connectivity index (χ0n) is 14.0. The lowest BCUT2D eigenvalue weighted by Gasteiger charge is -2.42. The second-order valence-corrected chi connectivity index (χ2v) is 7.68. The molecule has 0 amide bonds. The maximum atomic E-state index is 13.3. The second-order valence-electron chi connectivity index (χ2n) is 6.76. The van der Waals surface area contributed by atoms with Crippen molar-refractivity contribution in [3.63, 3.8) is 0 Å². The number of nitrogens with zero attached hydrogens (tertiary/aromatic N) is 2. The molecule has 0 bridgehead atoms. The fraction of sp³-hybridized carbons (Fsp3) is 0.316. The van der Waals surface area contributed by atoms with E-state index in [2.05, 4.69) is 26.1 Å². The Hall–Kier alpha value is -1.86. The number of hydrogen-bond acceptors (Lipinski definition) is 2. The van der Waals surface area contributed by atoms with Crippen LogP contribution in [-0.2, 0) is 6.42 Å². The van der Waals surface area contributed by atoms with Crippen LogP contribution in [0, 0.1) is 0 Å². The van der Waals surface area contributed by atoms with Gasteiger partial charge in [0.2, 0.25) is 0 Å². The molecule has 0 saturated carbocycles. The minimum atomic E-state index is -4.25. The number of nitrogens with one attached hydrogen (secondary N) is 1. The maximum Gasteiger partial charge on any atom is 0.401 e. The molecule has 4 rings (SSSR count). The minimum absolute atomic E-state index is 0.238. The third-order valence-corrected chi connectivity index (χ3v) is 5.54. The van der Waals surface area contributed by atoms with Crippen LogP contribution in [0.3, 0.4) is 0 Å². The summed E-state index contributed by atoms with van der Waals surface area (Å²) in [5, 5.41) is 8.03. The smallest absolute Gasteiger partial charge is 0.281 e. The van der Waals surface area contributed by atoms with Crippen LogP contribution in [0.2, 0.25) is 0 Å². The Morgan fingerprint density at radius 3 is 2.62 bits per heavy atom. The molecule has 136 valence electrons. The molecule has 7 heteroatoms. The number of aromatic amines is 1. The molecular formula is C19H17BrF3N3. The Morgan fingerprint density at radius 2 is 1.92 bits per heavy atom. The van der Waals surface area contributed by atoms with E-state index in [0.29, 0.717) is 6.42 Å². The Kier molecular flexibility index (Phi) is 4.31. The van der Waals surface area contributed by atoms with Crippen LogP contribution in [0.4, 0.5) is 13.2 Å². The van der Waals surface area contributed by atoms with Gasteiger partial charge in [-0.25, -0.2) is 0 Å². The van der Waals surface area contributed by atoms with Crippen LogP contribution in [-0.4, -0.2) is 33.9 Å². The first-order valence-electron chi connectivity index (χ1n) is 8.36. The van der Waals surface area contributed by atoms with E-state index in [1.54, 1.807) is 11.1 Å². The largest absolute Gasteiger partial charge is 0.401 e. The normalized spacial score (nSPS) is 21.1. The third-order valence-electron chi connectivity index (χ3n) is 5.01. The summed E-state index contributed by atoms with van der Waals surface area (Å²) in [7, 11) is 0. The van der Waals surface area contributed by atoms with Gasteiger partial charge in [-0.2, -0.15) is 18.3 Å². The SMILES string of the molecule is C[C@@H]1Cc2c(ccc3[nH]ncc23)[C@@H](c2ccc(Br)cc2)N1CC(F)(F)F. The summed E-state index contributed by atoms with van der Waals surface area (Å²) in [6.07, 6.45) is -1.92. The Labute approximate surface area is 157 Å². The van der Waals surface area contributed by atoms with Gasteiger partial charge in [0.15, 0.2) is 0 Å². The van der Waals surface area contributed by atoms with Crippen LogP contribution < -0.4 is 0 Å². The number of benzene rings is 2. The molecule has 0 unspecified atom stereocenters. The number of halogens is 4. The molecule has 2 heterocycles. The summed E-state index contributed by atoms with van der Waals surface area (Å²) in [6, 6.07) is 10.7. The molecule has 1 aliphatic rings. The Bertz CT molecular complexity index is 933. The quantitative estimate of drug-likeness (QED) is 0.612. The van der Waals surface area contributed by atoms with Gasteiger partial charge < -0.3 is 0 Å². The summed E-state index contributed by atoms with van der Waals surface area (Å²) in [5.74, 6) is 0. The molecule has 1 N–H and O–H groups in total. The van der Waals surface area contributed by atoms with Gasteiger partial charge in [-0.15, -0.1) is 0 Å². The molecule has 3 nitrogen and oxygen atoms in total. The van der Waals surface area contributed by atoms with E-state index in [9.17, 15) is 13.2 Å². The number of alkyl halides is 3. The average molecular weight is 424 g/mol. The predicted molar refractivity (Wildman–Crippen MR) is 98.0 cm³/mol. The summed E-state index contributed by atoms with van der Waals surface area (Å²) in [5.41, 5.74) is 3.77. The average Bonchev–Trinajstić information content (AvgIpc) is 3.05. The molecule has 1 aliphatic heterocycles. The highest BCUT2D eigenvalue weighted by Crippen LogP contribution is 2.41. The molecule has 2 atom stereocenters. The molecule has 0 saturated heterocycles. The summed E-state index contributed by atoms with van der Waals surface area (Å²) < 4.78 is 40.7. The van der Waals surface area contributed by atoms with Crippen LogP contribution in [0.15, 0.2) is 47.1 Å². The summed E-state index contributed by atoms with van der Waals surface area (Å²) in [6.45, 7) is 0.928. The third kappa shape index (κ3) is 3.14. The van der Waals surface area contributed by atoms with E-state index in [-0.39, 0.29) is 6.04 Å². The molecule has 3 aromatic rings. The molecule has 0 spiro atoms. The van der Waals surface area contributed by atoms with Gasteiger partial charge in [-0.1, -0.05) is 34.1 Å². The lowest BCUT2D eigenvalue weighted by molar-refractivity contribution is -0.155. The fourth-order valence-electron chi connectivity index (χ4n) is 3.89. The first kappa shape index (κ1) is 17.5. The van der Waals surface area contributed by atoms with Crippen molar-refractivity contribution < 1.29 is 13.2 Å². The summed E-state index contributed by atoms with van der Waals surface area (Å²) >= 11 is 3.40. The van der Waals surface area contributed by atoms with Gasteiger partial charge in [0.25, 0.3) is 0 Å². The number of aromatic nitrogens is 2. The van der Waals surface area contributed by atoms with Crippen molar-refractivity contribution in [3.8, 4) is 0 Å². The number of hydrogen-bond donors (Lipinski definition) is 1. The number of H-pyrrole nitrogens is 1. The molecule has 1 aromatic heterocycles. The van der Waals surface area contributed by atoms with Crippen molar-refractivity contribution in [3.05, 3.63) is 63.8 Å². The Balaban J connectivity index is 1.89. The van der Waals surface area contributed by atoms with Crippen LogP contribution in [0.25, 0.3) is 10.9 Å². The van der Waals surface area contributed by atoms with Gasteiger partial charge >= 0.3 is 6.18 Å². The highest BCUT2D eigenvalue weighted by Gasteiger charge is 2.41. The standard InChI is InChI=1S/C19H17BrF3N3/c1-11-8-15-14(6-7-17-16(15)9-24-25-17)18(26(11)10-19(21,22)23)12-2-4-13(20)5-3-12/h2-7,9,11,18H,8,10H2,1H3,(H,24,25)/t11-,18-/m1/s1. The fourth-order valence-corrected chi connectivity index (χ4v) is 4.16. The van der Waals surface area contributed by atoms with Crippen LogP contribution in [0.5, 0.6) is 0 Å². The lowest BCUT2D eigenvalue weighted by Crippen LogP contribution is -2.47. The Morgan fingerprint density at radius 1 is 1.19 bits per heavy atom. The molecule has 2 aromatic carbocycles. The molecule has 0 aliphatic carbocycles. The van der Waals surface area contributed by atoms with E-state index in [0.717, 1.165) is 32.1 Å². The topological polar surface area (TPSA) is 31.9 Å². The van der Waals surface area contributed by atoms with Gasteiger partial charge in [-0.05, 0) is 48.2 Å². The number of fused-ring (bicyclic) bond motifs is 3. The van der Waals surface area contributed by atoms with E-state index in [1.807, 2.05) is 43.3 Å². The summed E-state index contributed by atoms with van der Waals surface area (Å²) in [4.78, 5) is 1.55. The van der Waals surface area contributed by atoms with Gasteiger partial charge in [-0.3, -0.25) is 10.00 Å². The van der Waals surface area contributed by atoms with Crippen molar-refractivity contribution in [2.45, 2.75) is 31.6 Å². The monoisotopic (exact) mass is 423 g/mol. The van der Waals surface area contributed by atoms with E-state index < -0.39 is 18.8 Å². The van der Waals surface area contributed by atoms with Crippen molar-refractivity contribution in [1.82, 2.24) is 15.1 Å². The van der Waals surface area contributed by atoms with Crippen LogP contribution in [0.1, 0.15) is 29.7 Å². The number of rotatable bonds is 2. The zero-order valence-corrected chi connectivity index (χ0v) is 15.6. The second kappa shape index (κ2) is 6.39.